The highest BCUT2D eigenvalue weighted by molar-refractivity contribution is 6.29. The number of allylic oxidation sites excluding steroid dienone is 3. The molecule has 0 bridgehead atoms. The van der Waals surface area contributed by atoms with Gasteiger partial charge in [-0.1, -0.05) is 6.26 Å². The van der Waals surface area contributed by atoms with Crippen molar-refractivity contribution in [2.24, 2.45) is 15.7 Å². The van der Waals surface area contributed by atoms with Crippen LogP contribution in [0.4, 0.5) is 8.78 Å². The lowest BCUT2D eigenvalue weighted by Gasteiger charge is -2.19. The van der Waals surface area contributed by atoms with Gasteiger partial charge < -0.3 is 25.4 Å². The maximum atomic E-state index is 13.4. The van der Waals surface area contributed by atoms with E-state index in [0.717, 1.165) is 4.90 Å². The molecule has 0 saturated carbocycles. The van der Waals surface area contributed by atoms with E-state index in [0.29, 0.717) is 35.7 Å². The minimum absolute atomic E-state index is 0.163. The predicted molar refractivity (Wildman–Crippen MR) is 102 cm³/mol. The average molecular weight is 435 g/mol. The van der Waals surface area contributed by atoms with Gasteiger partial charge in [0.25, 0.3) is 12.3 Å². The minimum Gasteiger partial charge on any atom is -0.874 e. The average Bonchev–Trinajstić information content (AvgIpc) is 3.32. The molecule has 164 valence electrons. The van der Waals surface area contributed by atoms with Crippen LogP contribution in [0.15, 0.2) is 57.5 Å². The fourth-order valence-corrected chi connectivity index (χ4v) is 3.46. The summed E-state index contributed by atoms with van der Waals surface area (Å²) >= 11 is 0. The molecule has 3 N–H and O–H groups in total. The van der Waals surface area contributed by atoms with Gasteiger partial charge in [0.1, 0.15) is 37.1 Å². The molecular formula is C19H19F2N5O5. The first kappa shape index (κ1) is 20.7. The molecule has 1 fully saturated rings. The topological polar surface area (TPSA) is 136 Å². The van der Waals surface area contributed by atoms with Crippen LogP contribution in [0.5, 0.6) is 0 Å². The van der Waals surface area contributed by atoms with E-state index < -0.39 is 31.0 Å². The van der Waals surface area contributed by atoms with Gasteiger partial charge in [-0.25, -0.2) is 13.4 Å². The second-order valence-corrected chi connectivity index (χ2v) is 6.91. The van der Waals surface area contributed by atoms with E-state index in [1.165, 1.54) is 0 Å². The Labute approximate surface area is 175 Å². The Balaban J connectivity index is 1.71. The van der Waals surface area contributed by atoms with Gasteiger partial charge in [-0.2, -0.15) is 0 Å². The number of nitrogens with zero attached hydrogens (tertiary/aromatic N) is 4. The van der Waals surface area contributed by atoms with Gasteiger partial charge in [-0.05, 0) is 17.1 Å². The maximum Gasteiger partial charge on any atom is 0.337 e. The van der Waals surface area contributed by atoms with Crippen molar-refractivity contribution in [3.05, 3.63) is 47.5 Å². The number of rotatable bonds is 4. The monoisotopic (exact) mass is 435 g/mol. The molecule has 31 heavy (non-hydrogen) atoms. The van der Waals surface area contributed by atoms with Crippen molar-refractivity contribution in [1.82, 2.24) is 4.90 Å². The Morgan fingerprint density at radius 3 is 2.97 bits per heavy atom. The van der Waals surface area contributed by atoms with E-state index >= 15 is 0 Å². The van der Waals surface area contributed by atoms with Crippen LogP contribution in [0.3, 0.4) is 0 Å². The van der Waals surface area contributed by atoms with Crippen LogP contribution in [-0.4, -0.2) is 83.1 Å². The van der Waals surface area contributed by atoms with E-state index in [1.807, 2.05) is 0 Å². The smallest absolute Gasteiger partial charge is 0.337 e. The summed E-state index contributed by atoms with van der Waals surface area (Å²) in [6.07, 6.45) is 4.05. The Morgan fingerprint density at radius 1 is 1.48 bits per heavy atom. The summed E-state index contributed by atoms with van der Waals surface area (Å²) in [4.78, 5) is 21.0. The summed E-state index contributed by atoms with van der Waals surface area (Å²) in [7, 11) is 0. The van der Waals surface area contributed by atoms with Crippen molar-refractivity contribution < 1.29 is 37.8 Å². The number of primary amides is 1. The Morgan fingerprint density at radius 2 is 2.29 bits per heavy atom. The second kappa shape index (κ2) is 8.30. The first-order valence-corrected chi connectivity index (χ1v) is 9.40. The second-order valence-electron chi connectivity index (χ2n) is 6.91. The number of nitrogens with two attached hydrogens (primary N) is 1. The molecule has 3 heterocycles. The molecular weight excluding hydrogens is 416 g/mol. The third kappa shape index (κ3) is 3.81. The minimum atomic E-state index is -2.73. The zero-order valence-corrected chi connectivity index (χ0v) is 16.1. The molecule has 4 rings (SSSR count). The number of ether oxygens (including phenoxy) is 2. The molecule has 0 radical (unpaired) electrons. The lowest BCUT2D eigenvalue weighted by atomic mass is 10.1. The van der Waals surface area contributed by atoms with Gasteiger partial charge in [-0.3, -0.25) is 14.7 Å². The van der Waals surface area contributed by atoms with Crippen LogP contribution >= 0.6 is 0 Å². The van der Waals surface area contributed by atoms with Crippen LogP contribution < -0.4 is 10.8 Å². The number of aliphatic hydroxyl groups is 1. The molecule has 1 amide bonds. The zero-order chi connectivity index (χ0) is 22.1. The van der Waals surface area contributed by atoms with Gasteiger partial charge in [0.05, 0.1) is 12.3 Å². The molecule has 1 aliphatic carbocycles. The number of alkyl halides is 2. The lowest BCUT2D eigenvalue weighted by molar-refractivity contribution is -0.470. The molecule has 0 unspecified atom stereocenters. The van der Waals surface area contributed by atoms with Gasteiger partial charge in [0.2, 0.25) is 5.91 Å². The maximum absolute atomic E-state index is 13.4. The normalized spacial score (nSPS) is 26.1. The summed E-state index contributed by atoms with van der Waals surface area (Å²) in [5.74, 6) is 0.0530. The zero-order valence-electron chi connectivity index (χ0n) is 16.1. The fourth-order valence-electron chi connectivity index (χ4n) is 3.46. The fraction of sp³-hybridized carbons (Fsp3) is 0.368. The van der Waals surface area contributed by atoms with Crippen molar-refractivity contribution in [2.45, 2.75) is 18.5 Å². The predicted octanol–water partition coefficient (Wildman–Crippen LogP) is -1.41. The first-order valence-electron chi connectivity index (χ1n) is 9.40. The van der Waals surface area contributed by atoms with Crippen LogP contribution in [0.2, 0.25) is 0 Å². The van der Waals surface area contributed by atoms with Gasteiger partial charge in [0, 0.05) is 6.08 Å². The molecule has 1 saturated heterocycles. The summed E-state index contributed by atoms with van der Waals surface area (Å²) in [5.41, 5.74) is 6.15. The first-order chi connectivity index (χ1) is 14.9. The van der Waals surface area contributed by atoms with E-state index in [4.69, 9.17) is 15.2 Å². The number of aliphatic hydroxyl groups excluding tert-OH is 1. The summed E-state index contributed by atoms with van der Waals surface area (Å²) in [5, 5.41) is 20.5. The van der Waals surface area contributed by atoms with Gasteiger partial charge in [-0.15, -0.1) is 0 Å². The third-order valence-electron chi connectivity index (χ3n) is 4.98. The highest BCUT2D eigenvalue weighted by Gasteiger charge is 2.44. The molecule has 12 heteroatoms. The molecule has 2 atom stereocenters. The van der Waals surface area contributed by atoms with Crippen molar-refractivity contribution in [1.29, 1.82) is 0 Å². The third-order valence-corrected chi connectivity index (χ3v) is 4.98. The quantitative estimate of drug-likeness (QED) is 0.411. The Kier molecular flexibility index (Phi) is 5.55. The number of hydrogen-bond donors (Lipinski definition) is 2. The summed E-state index contributed by atoms with van der Waals surface area (Å²) < 4.78 is 39.5. The number of amides is 1. The van der Waals surface area contributed by atoms with E-state index in [9.17, 15) is 23.8 Å². The van der Waals surface area contributed by atoms with Gasteiger partial charge >= 0.3 is 5.82 Å². The number of carbonyl (C=O) groups excluding carboxylic acids is 1. The molecule has 0 aromatic rings. The summed E-state index contributed by atoms with van der Waals surface area (Å²) in [6, 6.07) is -2.41. The molecule has 3 aliphatic heterocycles. The number of hydrogen-bond acceptors (Lipinski definition) is 8. The number of halogens is 2. The molecule has 0 aromatic carbocycles. The van der Waals surface area contributed by atoms with Crippen LogP contribution in [0, 0.1) is 0 Å². The van der Waals surface area contributed by atoms with E-state index in [2.05, 4.69) is 9.98 Å². The van der Waals surface area contributed by atoms with E-state index in [1.54, 1.807) is 29.0 Å². The van der Waals surface area contributed by atoms with Crippen LogP contribution in [0.25, 0.3) is 0 Å². The van der Waals surface area contributed by atoms with Crippen molar-refractivity contribution >= 4 is 23.7 Å². The van der Waals surface area contributed by atoms with Crippen molar-refractivity contribution in [3.63, 3.8) is 0 Å². The molecule has 0 spiro atoms. The number of carbonyl (C=O) groups is 1. The number of fused-ring (bicyclic) bond motifs is 2. The molecule has 0 aromatic heterocycles. The van der Waals surface area contributed by atoms with Gasteiger partial charge in [0.15, 0.2) is 18.1 Å². The highest BCUT2D eigenvalue weighted by atomic mass is 19.3. The number of aliphatic imine (C=N–C) groups is 2. The van der Waals surface area contributed by atoms with E-state index in [-0.39, 0.29) is 24.9 Å². The van der Waals surface area contributed by atoms with Crippen molar-refractivity contribution in [3.8, 4) is 0 Å². The largest absolute Gasteiger partial charge is 0.874 e. The molecule has 10 nitrogen and oxygen atoms in total. The van der Waals surface area contributed by atoms with Crippen LogP contribution in [-0.2, 0) is 14.3 Å². The lowest BCUT2D eigenvalue weighted by Crippen LogP contribution is -2.41. The summed E-state index contributed by atoms with van der Waals surface area (Å²) in [6.45, 7) is -0.198. The van der Waals surface area contributed by atoms with Crippen molar-refractivity contribution in [2.75, 3.05) is 26.4 Å². The standard InChI is InChI=1S/C19H19F2N5O5/c20-17(21)13-9-31-16(8-28)26(13)15-6-25-3-4-30-14-5-10(23-12(7-27)18(22)29)1-2-11(14)19(25)24-15/h1-2,5-6,8,12-13,17,27H,3-4,7,9H2,(H2-,22,28,29)/t12-,13-/m0/s1. The molecule has 4 aliphatic rings. The SMILES string of the molecule is NC(=O)[C@H](CO)N=C1C=CC2=C3N=C(N4C(=C[O-])OC[C@H]4C(F)F)C=[N+]3CCOC2=C1. The number of amidine groups is 1. The van der Waals surface area contributed by atoms with Crippen LogP contribution in [0.1, 0.15) is 0 Å². The highest BCUT2D eigenvalue weighted by Crippen LogP contribution is 2.31. The Bertz CT molecular complexity index is 1010. The Hall–Kier alpha value is -3.54.